The third-order valence-corrected chi connectivity index (χ3v) is 10.3. The number of phenols is 6. The van der Waals surface area contributed by atoms with Gasteiger partial charge in [0.05, 0.1) is 12.2 Å². The standard InChI is InChI=1S/C42H36O9/c43-27-9-2-22(3-10-27)1-4-25-15-32(48)20-35-37(25)40(42(50-35)24-7-13-29(45)14-8-24)34-19-33(49)21-36-39(34)38(26-16-30(46)18-31(47)17-26)41(51-36)23-5-11-28(44)12-6-23/h2-3,5-18,20,36,38-39,41-48H,1,4,19,21H2/t36?,38-,39?,41+,42-/m1/s1. The second kappa shape index (κ2) is 12.8. The Morgan fingerprint density at radius 2 is 1.18 bits per heavy atom. The van der Waals surface area contributed by atoms with Crippen molar-refractivity contribution in [1.29, 1.82) is 0 Å². The first-order valence-electron chi connectivity index (χ1n) is 16.9. The average Bonchev–Trinajstić information content (AvgIpc) is 3.67. The van der Waals surface area contributed by atoms with Gasteiger partial charge in [0, 0.05) is 47.9 Å². The highest BCUT2D eigenvalue weighted by molar-refractivity contribution is 5.91. The van der Waals surface area contributed by atoms with Crippen molar-refractivity contribution in [2.45, 2.75) is 49.9 Å². The van der Waals surface area contributed by atoms with Gasteiger partial charge < -0.3 is 40.1 Å². The van der Waals surface area contributed by atoms with Crippen molar-refractivity contribution in [3.8, 4) is 40.2 Å². The predicted molar refractivity (Wildman–Crippen MR) is 188 cm³/mol. The number of ether oxygens (including phenoxy) is 2. The van der Waals surface area contributed by atoms with Crippen molar-refractivity contribution in [3.05, 3.63) is 142 Å². The first-order chi connectivity index (χ1) is 24.6. The van der Waals surface area contributed by atoms with Gasteiger partial charge in [-0.15, -0.1) is 0 Å². The van der Waals surface area contributed by atoms with Crippen molar-refractivity contribution in [2.24, 2.45) is 5.92 Å². The maximum Gasteiger partial charge on any atom is 0.150 e. The lowest BCUT2D eigenvalue weighted by Crippen LogP contribution is -2.32. The number of hydrogen-bond donors (Lipinski definition) is 6. The SMILES string of the molecule is O=C1CC(=C2c3c(CCc4ccc(O)cc4)cc(O)cc3O[C@@H]2c2ccc(O)cc2)C2C(C1)O[C@@H](c1ccc(O)cc1)[C@@H]2c1cc(O)cc(O)c1. The van der Waals surface area contributed by atoms with Crippen LogP contribution in [-0.2, 0) is 22.4 Å². The predicted octanol–water partition coefficient (Wildman–Crippen LogP) is 7.50. The fraction of sp³-hybridized carbons (Fsp3) is 0.214. The van der Waals surface area contributed by atoms with E-state index in [-0.39, 0.29) is 53.1 Å². The second-order valence-electron chi connectivity index (χ2n) is 13.6. The molecule has 2 unspecified atom stereocenters. The molecule has 258 valence electrons. The number of phenolic OH excluding ortho intramolecular Hbond substituents is 6. The molecule has 3 aliphatic rings. The van der Waals surface area contributed by atoms with E-state index in [9.17, 15) is 35.4 Å². The second-order valence-corrected chi connectivity index (χ2v) is 13.6. The normalized spacial score (nSPS) is 23.8. The van der Waals surface area contributed by atoms with Crippen molar-refractivity contribution < 1.29 is 44.9 Å². The molecule has 2 fully saturated rings. The number of carbonyl (C=O) groups excluding carboxylic acids is 1. The van der Waals surface area contributed by atoms with Crippen LogP contribution in [0.25, 0.3) is 5.57 Å². The summed E-state index contributed by atoms with van der Waals surface area (Å²) in [6.45, 7) is 0. The molecule has 0 radical (unpaired) electrons. The van der Waals surface area contributed by atoms with Crippen LogP contribution in [0.2, 0.25) is 0 Å². The van der Waals surface area contributed by atoms with E-state index in [1.54, 1.807) is 84.9 Å². The van der Waals surface area contributed by atoms with Crippen LogP contribution in [0.3, 0.4) is 0 Å². The van der Waals surface area contributed by atoms with Crippen LogP contribution in [0, 0.1) is 5.92 Å². The van der Waals surface area contributed by atoms with Crippen LogP contribution in [0.15, 0.2) is 109 Å². The number of carbonyl (C=O) groups is 1. The molecule has 5 aromatic rings. The van der Waals surface area contributed by atoms with Gasteiger partial charge >= 0.3 is 0 Å². The first kappa shape index (κ1) is 32.3. The fourth-order valence-electron chi connectivity index (χ4n) is 8.16. The monoisotopic (exact) mass is 684 g/mol. The van der Waals surface area contributed by atoms with Gasteiger partial charge in [0.25, 0.3) is 0 Å². The largest absolute Gasteiger partial charge is 0.508 e. The summed E-state index contributed by atoms with van der Waals surface area (Å²) in [5.74, 6) is -0.231. The van der Waals surface area contributed by atoms with E-state index in [4.69, 9.17) is 9.47 Å². The Kier molecular flexibility index (Phi) is 8.07. The van der Waals surface area contributed by atoms with Crippen LogP contribution in [0.4, 0.5) is 0 Å². The van der Waals surface area contributed by atoms with Crippen LogP contribution < -0.4 is 4.74 Å². The summed E-state index contributed by atoms with van der Waals surface area (Å²) < 4.78 is 13.5. The molecule has 1 aliphatic carbocycles. The molecule has 6 N–H and O–H groups in total. The topological polar surface area (TPSA) is 157 Å². The number of benzene rings is 5. The number of aryl methyl sites for hydroxylation is 2. The number of rotatable bonds is 6. The summed E-state index contributed by atoms with van der Waals surface area (Å²) in [5.41, 5.74) is 6.31. The third-order valence-electron chi connectivity index (χ3n) is 10.3. The molecule has 9 nitrogen and oxygen atoms in total. The zero-order valence-electron chi connectivity index (χ0n) is 27.4. The molecule has 8 rings (SSSR count). The molecule has 0 aromatic heterocycles. The summed E-state index contributed by atoms with van der Waals surface area (Å²) in [5, 5.41) is 62.3. The molecule has 9 heteroatoms. The molecule has 5 atom stereocenters. The van der Waals surface area contributed by atoms with E-state index in [0.29, 0.717) is 24.2 Å². The van der Waals surface area contributed by atoms with Crippen LogP contribution in [-0.4, -0.2) is 42.5 Å². The molecule has 1 saturated heterocycles. The highest BCUT2D eigenvalue weighted by Gasteiger charge is 2.52. The minimum atomic E-state index is -0.692. The van der Waals surface area contributed by atoms with E-state index in [0.717, 1.165) is 39.0 Å². The average molecular weight is 685 g/mol. The van der Waals surface area contributed by atoms with E-state index in [1.165, 1.54) is 6.07 Å². The van der Waals surface area contributed by atoms with Gasteiger partial charge in [-0.05, 0) is 101 Å². The summed E-state index contributed by atoms with van der Waals surface area (Å²) >= 11 is 0. The van der Waals surface area contributed by atoms with E-state index < -0.39 is 30.1 Å². The highest BCUT2D eigenvalue weighted by Crippen LogP contribution is 2.60. The van der Waals surface area contributed by atoms with Crippen molar-refractivity contribution in [3.63, 3.8) is 0 Å². The van der Waals surface area contributed by atoms with Gasteiger partial charge in [0.1, 0.15) is 52.1 Å². The van der Waals surface area contributed by atoms with E-state index >= 15 is 0 Å². The van der Waals surface area contributed by atoms with Crippen LogP contribution in [0.1, 0.15) is 64.3 Å². The quantitative estimate of drug-likeness (QED) is 0.107. The lowest BCUT2D eigenvalue weighted by Gasteiger charge is -2.33. The molecule has 2 heterocycles. The molecular weight excluding hydrogens is 648 g/mol. The van der Waals surface area contributed by atoms with Crippen LogP contribution >= 0.6 is 0 Å². The van der Waals surface area contributed by atoms with Crippen LogP contribution in [0.5, 0.6) is 40.2 Å². The molecule has 0 amide bonds. The van der Waals surface area contributed by atoms with Crippen molar-refractivity contribution in [2.75, 3.05) is 0 Å². The number of ketones is 1. The summed E-state index contributed by atoms with van der Waals surface area (Å²) in [4.78, 5) is 13.7. The Hall–Kier alpha value is -5.93. The zero-order valence-corrected chi connectivity index (χ0v) is 27.4. The lowest BCUT2D eigenvalue weighted by atomic mass is 9.68. The van der Waals surface area contributed by atoms with E-state index in [1.807, 2.05) is 12.1 Å². The number of hydrogen-bond acceptors (Lipinski definition) is 9. The minimum absolute atomic E-state index is 0.00931. The first-order valence-corrected chi connectivity index (χ1v) is 16.9. The summed E-state index contributed by atoms with van der Waals surface area (Å²) in [6.07, 6.45) is -0.442. The van der Waals surface area contributed by atoms with Gasteiger partial charge in [-0.25, -0.2) is 0 Å². The molecule has 1 saturated carbocycles. The molecule has 0 spiro atoms. The summed E-state index contributed by atoms with van der Waals surface area (Å²) in [6, 6.07) is 28.2. The minimum Gasteiger partial charge on any atom is -0.508 e. The lowest BCUT2D eigenvalue weighted by molar-refractivity contribution is -0.123. The van der Waals surface area contributed by atoms with Gasteiger partial charge in [-0.2, -0.15) is 0 Å². The molecule has 5 aromatic carbocycles. The number of fused-ring (bicyclic) bond motifs is 2. The smallest absolute Gasteiger partial charge is 0.150 e. The maximum absolute atomic E-state index is 13.7. The Balaban J connectivity index is 1.35. The Bertz CT molecular complexity index is 2130. The van der Waals surface area contributed by atoms with Gasteiger partial charge in [-0.1, -0.05) is 36.4 Å². The third kappa shape index (κ3) is 6.10. The molecular formula is C42H36O9. The highest BCUT2D eigenvalue weighted by atomic mass is 16.5. The molecule has 0 bridgehead atoms. The Morgan fingerprint density at radius 3 is 1.82 bits per heavy atom. The maximum atomic E-state index is 13.7. The number of aromatic hydroxyl groups is 6. The number of Topliss-reactive ketones (excluding diaryl/α,β-unsaturated/α-hetero) is 1. The van der Waals surface area contributed by atoms with Gasteiger partial charge in [0.15, 0.2) is 0 Å². The van der Waals surface area contributed by atoms with Crippen molar-refractivity contribution in [1.82, 2.24) is 0 Å². The van der Waals surface area contributed by atoms with Crippen molar-refractivity contribution >= 4 is 11.4 Å². The van der Waals surface area contributed by atoms with E-state index in [2.05, 4.69) is 0 Å². The van der Waals surface area contributed by atoms with Gasteiger partial charge in [0.2, 0.25) is 0 Å². The fourth-order valence-corrected chi connectivity index (χ4v) is 8.16. The van der Waals surface area contributed by atoms with Gasteiger partial charge in [-0.3, -0.25) is 4.79 Å². The molecule has 2 aliphatic heterocycles. The molecule has 51 heavy (non-hydrogen) atoms. The Labute approximate surface area is 293 Å². The zero-order chi connectivity index (χ0) is 35.4. The summed E-state index contributed by atoms with van der Waals surface area (Å²) in [7, 11) is 0. The Morgan fingerprint density at radius 1 is 0.588 bits per heavy atom.